The Bertz CT molecular complexity index is 393. The third-order valence-corrected chi connectivity index (χ3v) is 2.88. The van der Waals surface area contributed by atoms with Crippen molar-refractivity contribution in [2.24, 2.45) is 5.73 Å². The molecule has 4 heteroatoms. The Balaban J connectivity index is 2.36. The number of hydrogen-bond acceptors (Lipinski definition) is 1. The second-order valence-corrected chi connectivity index (χ2v) is 4.30. The maximum absolute atomic E-state index is 13.6. The zero-order chi connectivity index (χ0) is 11.3. The van der Waals surface area contributed by atoms with Crippen LogP contribution in [-0.2, 0) is 5.54 Å². The molecular formula is C11H12F3N. The first-order chi connectivity index (χ1) is 6.84. The standard InChI is InChI=1S/C11H12F3N/c1-7-3-2-4-8(9(7)12)10(15)5-11(13,14)6-10/h2-4H,5-6,15H2,1H3. The zero-order valence-electron chi connectivity index (χ0n) is 8.36. The van der Waals surface area contributed by atoms with Gasteiger partial charge in [-0.15, -0.1) is 0 Å². The molecule has 0 amide bonds. The largest absolute Gasteiger partial charge is 0.321 e. The summed E-state index contributed by atoms with van der Waals surface area (Å²) in [5.41, 5.74) is 5.19. The molecule has 0 unspecified atom stereocenters. The summed E-state index contributed by atoms with van der Waals surface area (Å²) in [4.78, 5) is 0. The Labute approximate surface area is 86.1 Å². The first-order valence-electron chi connectivity index (χ1n) is 4.76. The number of alkyl halides is 2. The average Bonchev–Trinajstić information content (AvgIpc) is 2.05. The molecule has 1 aliphatic carbocycles. The number of halogens is 3. The monoisotopic (exact) mass is 215 g/mol. The van der Waals surface area contributed by atoms with Crippen molar-refractivity contribution in [1.82, 2.24) is 0 Å². The maximum atomic E-state index is 13.6. The lowest BCUT2D eigenvalue weighted by molar-refractivity contribution is -0.125. The molecule has 0 aromatic heterocycles. The summed E-state index contributed by atoms with van der Waals surface area (Å²) < 4.78 is 39.1. The lowest BCUT2D eigenvalue weighted by atomic mass is 9.69. The molecule has 1 nitrogen and oxygen atoms in total. The van der Waals surface area contributed by atoms with Crippen molar-refractivity contribution in [3.05, 3.63) is 35.1 Å². The summed E-state index contributed by atoms with van der Waals surface area (Å²) in [7, 11) is 0. The van der Waals surface area contributed by atoms with Crippen LogP contribution in [0.25, 0.3) is 0 Å². The Morgan fingerprint density at radius 3 is 2.40 bits per heavy atom. The number of aryl methyl sites for hydroxylation is 1. The fourth-order valence-corrected chi connectivity index (χ4v) is 2.09. The van der Waals surface area contributed by atoms with Gasteiger partial charge in [0.2, 0.25) is 0 Å². The van der Waals surface area contributed by atoms with E-state index in [9.17, 15) is 13.2 Å². The topological polar surface area (TPSA) is 26.0 Å². The second-order valence-electron chi connectivity index (χ2n) is 4.30. The van der Waals surface area contributed by atoms with Gasteiger partial charge in [-0.2, -0.15) is 0 Å². The molecule has 1 aliphatic rings. The molecule has 1 aromatic carbocycles. The molecule has 0 aliphatic heterocycles. The molecule has 2 rings (SSSR count). The highest BCUT2D eigenvalue weighted by molar-refractivity contribution is 5.34. The highest BCUT2D eigenvalue weighted by Gasteiger charge is 2.56. The van der Waals surface area contributed by atoms with Crippen LogP contribution in [0.3, 0.4) is 0 Å². The minimum absolute atomic E-state index is 0.202. The number of benzene rings is 1. The molecule has 0 radical (unpaired) electrons. The highest BCUT2D eigenvalue weighted by Crippen LogP contribution is 2.50. The van der Waals surface area contributed by atoms with E-state index < -0.39 is 30.1 Å². The third kappa shape index (κ3) is 1.63. The van der Waals surface area contributed by atoms with Crippen LogP contribution in [0.15, 0.2) is 18.2 Å². The first kappa shape index (κ1) is 10.5. The first-order valence-corrected chi connectivity index (χ1v) is 4.76. The summed E-state index contributed by atoms with van der Waals surface area (Å²) in [6.45, 7) is 1.60. The van der Waals surface area contributed by atoms with Gasteiger partial charge in [-0.05, 0) is 12.5 Å². The lowest BCUT2D eigenvalue weighted by Crippen LogP contribution is -2.56. The molecule has 0 spiro atoms. The smallest absolute Gasteiger partial charge is 0.252 e. The van der Waals surface area contributed by atoms with E-state index in [1.54, 1.807) is 19.1 Å². The molecule has 0 bridgehead atoms. The van der Waals surface area contributed by atoms with Gasteiger partial charge in [0.05, 0.1) is 5.54 Å². The third-order valence-electron chi connectivity index (χ3n) is 2.88. The van der Waals surface area contributed by atoms with Crippen molar-refractivity contribution in [2.45, 2.75) is 31.2 Å². The van der Waals surface area contributed by atoms with Gasteiger partial charge in [0.25, 0.3) is 5.92 Å². The van der Waals surface area contributed by atoms with E-state index in [4.69, 9.17) is 5.73 Å². The van der Waals surface area contributed by atoms with E-state index in [1.165, 1.54) is 6.07 Å². The van der Waals surface area contributed by atoms with Crippen molar-refractivity contribution in [1.29, 1.82) is 0 Å². The van der Waals surface area contributed by atoms with E-state index in [0.717, 1.165) is 0 Å². The van der Waals surface area contributed by atoms with Crippen molar-refractivity contribution in [3.63, 3.8) is 0 Å². The van der Waals surface area contributed by atoms with Crippen LogP contribution in [0.5, 0.6) is 0 Å². The van der Waals surface area contributed by atoms with E-state index >= 15 is 0 Å². The summed E-state index contributed by atoms with van der Waals surface area (Å²) in [5.74, 6) is -3.21. The molecular weight excluding hydrogens is 203 g/mol. The molecule has 1 saturated carbocycles. The van der Waals surface area contributed by atoms with E-state index in [1.807, 2.05) is 0 Å². The normalized spacial score (nSPS) is 22.2. The van der Waals surface area contributed by atoms with Gasteiger partial charge in [-0.25, -0.2) is 13.2 Å². The molecule has 0 atom stereocenters. The summed E-state index contributed by atoms with van der Waals surface area (Å²) in [6.07, 6.45) is -0.944. The molecule has 1 aromatic rings. The number of nitrogens with two attached hydrogens (primary N) is 1. The predicted molar refractivity (Wildman–Crippen MR) is 51.2 cm³/mol. The maximum Gasteiger partial charge on any atom is 0.252 e. The predicted octanol–water partition coefficient (Wildman–Crippen LogP) is 2.72. The van der Waals surface area contributed by atoms with Crippen LogP contribution in [0.1, 0.15) is 24.0 Å². The molecule has 0 heterocycles. The van der Waals surface area contributed by atoms with Gasteiger partial charge < -0.3 is 5.73 Å². The van der Waals surface area contributed by atoms with Crippen LogP contribution in [0.4, 0.5) is 13.2 Å². The van der Waals surface area contributed by atoms with E-state index in [-0.39, 0.29) is 5.56 Å². The molecule has 15 heavy (non-hydrogen) atoms. The van der Waals surface area contributed by atoms with Crippen molar-refractivity contribution in [2.75, 3.05) is 0 Å². The van der Waals surface area contributed by atoms with Crippen LogP contribution < -0.4 is 5.73 Å². The Morgan fingerprint density at radius 1 is 1.27 bits per heavy atom. The molecule has 82 valence electrons. The molecule has 0 saturated heterocycles. The SMILES string of the molecule is Cc1cccc(C2(N)CC(F)(F)C2)c1F. The average molecular weight is 215 g/mol. The van der Waals surface area contributed by atoms with Crippen LogP contribution in [0, 0.1) is 12.7 Å². The van der Waals surface area contributed by atoms with Crippen LogP contribution >= 0.6 is 0 Å². The Morgan fingerprint density at radius 2 is 1.87 bits per heavy atom. The minimum atomic E-state index is -2.75. The Kier molecular flexibility index (Phi) is 2.08. The minimum Gasteiger partial charge on any atom is -0.321 e. The molecule has 2 N–H and O–H groups in total. The fourth-order valence-electron chi connectivity index (χ4n) is 2.09. The fraction of sp³-hybridized carbons (Fsp3) is 0.455. The van der Waals surface area contributed by atoms with Crippen LogP contribution in [0.2, 0.25) is 0 Å². The summed E-state index contributed by atoms with van der Waals surface area (Å²) in [5, 5.41) is 0. The van der Waals surface area contributed by atoms with Gasteiger partial charge in [-0.3, -0.25) is 0 Å². The number of rotatable bonds is 1. The van der Waals surface area contributed by atoms with Gasteiger partial charge in [0.1, 0.15) is 5.82 Å². The second kappa shape index (κ2) is 2.98. The van der Waals surface area contributed by atoms with Gasteiger partial charge in [-0.1, -0.05) is 18.2 Å². The summed E-state index contributed by atoms with van der Waals surface area (Å²) >= 11 is 0. The van der Waals surface area contributed by atoms with Crippen molar-refractivity contribution >= 4 is 0 Å². The Hall–Kier alpha value is -1.03. The highest BCUT2D eigenvalue weighted by atomic mass is 19.3. The van der Waals surface area contributed by atoms with E-state index in [0.29, 0.717) is 5.56 Å². The summed E-state index contributed by atoms with van der Waals surface area (Å²) in [6, 6.07) is 4.72. The van der Waals surface area contributed by atoms with Crippen LogP contribution in [-0.4, -0.2) is 5.92 Å². The van der Waals surface area contributed by atoms with Gasteiger partial charge >= 0.3 is 0 Å². The lowest BCUT2D eigenvalue weighted by Gasteiger charge is -2.45. The van der Waals surface area contributed by atoms with Gasteiger partial charge in [0.15, 0.2) is 0 Å². The van der Waals surface area contributed by atoms with E-state index in [2.05, 4.69) is 0 Å². The van der Waals surface area contributed by atoms with Crippen molar-refractivity contribution < 1.29 is 13.2 Å². The molecule has 1 fully saturated rings. The zero-order valence-corrected chi connectivity index (χ0v) is 8.36. The van der Waals surface area contributed by atoms with Gasteiger partial charge in [0, 0.05) is 18.4 Å². The quantitative estimate of drug-likeness (QED) is 0.765. The van der Waals surface area contributed by atoms with Crippen molar-refractivity contribution in [3.8, 4) is 0 Å². The number of hydrogen-bond donors (Lipinski definition) is 1.